The zero-order valence-corrected chi connectivity index (χ0v) is 84.9. The fraction of sp³-hybridized carbons (Fsp3) is 0.337. The number of phenols is 1. The average Bonchev–Trinajstić information content (AvgIpc) is 1.59. The van der Waals surface area contributed by atoms with Gasteiger partial charge in [-0.1, -0.05) is 82.7 Å². The lowest BCUT2D eigenvalue weighted by Crippen LogP contribution is -2.31. The molecule has 7 aromatic heterocycles. The van der Waals surface area contributed by atoms with Crippen molar-refractivity contribution < 1.29 is 77.9 Å². The molecule has 0 saturated carbocycles. The number of fused-ring (bicyclic) bond motifs is 4. The quantitative estimate of drug-likeness (QED) is 0.00323. The van der Waals surface area contributed by atoms with Gasteiger partial charge in [0.15, 0.2) is 38.1 Å². The van der Waals surface area contributed by atoms with Crippen molar-refractivity contribution in [3.05, 3.63) is 225 Å². The number of unbranched alkanes of at least 4 members (excludes halogenated alkanes) is 4. The smallest absolute Gasteiger partial charge is 0.373 e. The van der Waals surface area contributed by atoms with Gasteiger partial charge < -0.3 is 88.7 Å². The van der Waals surface area contributed by atoms with E-state index in [0.717, 1.165) is 98.0 Å². The second kappa shape index (κ2) is 56.3. The first-order valence-electron chi connectivity index (χ1n) is 44.2. The van der Waals surface area contributed by atoms with Gasteiger partial charge >= 0.3 is 44.8 Å². The molecule has 7 heterocycles. The molecule has 15 aromatic rings. The first-order valence-corrected chi connectivity index (χ1v) is 50.6. The molecule has 0 aliphatic rings. The molecule has 51 heteroatoms. The van der Waals surface area contributed by atoms with Gasteiger partial charge in [-0.2, -0.15) is 16.8 Å². The van der Waals surface area contributed by atoms with Crippen LogP contribution in [0.4, 0.5) is 22.7 Å². The molecule has 0 atom stereocenters. The van der Waals surface area contributed by atoms with Crippen molar-refractivity contribution in [1.82, 2.24) is 70.4 Å². The number of aromatic nitrogens is 14. The van der Waals surface area contributed by atoms with Crippen molar-refractivity contribution in [2.24, 2.45) is 83.3 Å². The molecule has 146 heavy (non-hydrogen) atoms. The predicted molar refractivity (Wildman–Crippen MR) is 579 cm³/mol. The number of phenolic OH excluding ortho intramolecular Hbond substituents is 1. The summed E-state index contributed by atoms with van der Waals surface area (Å²) >= 11 is 3.33. The number of halogens is 2. The van der Waals surface area contributed by atoms with Gasteiger partial charge in [-0.25, -0.2) is 42.5 Å². The summed E-state index contributed by atoms with van der Waals surface area (Å²) in [5, 5.41) is 35.3. The van der Waals surface area contributed by atoms with Gasteiger partial charge in [0.25, 0.3) is 29.1 Å². The van der Waals surface area contributed by atoms with E-state index in [1.165, 1.54) is 91.2 Å². The Hall–Kier alpha value is -14.3. The Morgan fingerprint density at radius 1 is 0.425 bits per heavy atom. The van der Waals surface area contributed by atoms with E-state index < -0.39 is 29.1 Å². The lowest BCUT2D eigenvalue weighted by Gasteiger charge is -2.14. The highest BCUT2D eigenvalue weighted by atomic mass is 79.9. The Morgan fingerprint density at radius 3 is 1.03 bits per heavy atom. The lowest BCUT2D eigenvalue weighted by atomic mass is 9.89. The zero-order valence-electron chi connectivity index (χ0n) is 80.1. The number of alkyl halides is 1. The van der Waals surface area contributed by atoms with Gasteiger partial charge in [-0.05, 0) is 144 Å². The third kappa shape index (κ3) is 33.1. The maximum absolute atomic E-state index is 13.0. The normalized spacial score (nSPS) is 10.8. The number of nitrogens with one attached hydrogen (secondary N) is 5. The Bertz CT molecular complexity index is 7510. The Labute approximate surface area is 863 Å². The number of hydrogen-bond acceptors (Lipinski definition) is 30. The number of hydrogen-bond donors (Lipinski definition) is 10. The van der Waals surface area contributed by atoms with Crippen LogP contribution in [0.2, 0.25) is 19.5 Å². The average molecular weight is 2160 g/mol. The van der Waals surface area contributed by atoms with Crippen LogP contribution in [0, 0.1) is 10.8 Å². The summed E-state index contributed by atoms with van der Waals surface area (Å²) < 4.78 is 146. The molecule has 13 N–H and O–H groups in total. The van der Waals surface area contributed by atoms with Crippen LogP contribution in [0.3, 0.4) is 0 Å². The third-order valence-electron chi connectivity index (χ3n) is 21.2. The number of aromatic hydroxyl groups is 1. The van der Waals surface area contributed by atoms with E-state index >= 15 is 0 Å². The van der Waals surface area contributed by atoms with Crippen LogP contribution in [0.1, 0.15) is 81.1 Å². The minimum atomic E-state index is -4.03. The largest absolute Gasteiger partial charge is 0.556 e. The highest BCUT2D eigenvalue weighted by Crippen LogP contribution is 2.40. The number of nitrogen functional groups attached to an aromatic ring is 2. The molecule has 0 amide bonds. The number of benzene rings is 8. The summed E-state index contributed by atoms with van der Waals surface area (Å²) in [5.41, 5.74) is 23.3. The number of aryl methyl sites for hydroxylation is 11. The number of imidazole rings is 7. The fourth-order valence-corrected chi connectivity index (χ4v) is 17.0. The third-order valence-corrected chi connectivity index (χ3v) is 25.4. The van der Waals surface area contributed by atoms with E-state index in [9.17, 15) is 49.5 Å². The molecule has 0 fully saturated rings. The van der Waals surface area contributed by atoms with Gasteiger partial charge in [0.1, 0.15) is 58.8 Å². The summed E-state index contributed by atoms with van der Waals surface area (Å²) in [7, 11) is 14.4. The van der Waals surface area contributed by atoms with Crippen LogP contribution in [0.25, 0.3) is 44.1 Å². The molecular weight excluding hydrogens is 2030 g/mol. The SMILES string of the molecule is C.C.C.C.CB(O)NCCCCBr.Cn1c(=O)n(C)c2cc(Oc3cccc(O)c3)c(N)cc21.Cn1c(=O)n(C)c2cc(Oc3cccc(OCCCC[B]OC=N)c3)c(N)cc21.Cn1cnc(S(=O)(=O)Cl)c1.Cn1cnc(S(=O)(=O)Nc2cc3c(cc2Oc2cccc(OCCCCN)c2)n(C)c(=O)n3C)c1.Cn1cnc(S(=O)(=O)Nc2cc3c(cc2Oc2cccc(OCCCC[B]OC=N)c2)n(C)c(=O)n3C)c1. The summed E-state index contributed by atoms with van der Waals surface area (Å²) in [5.74, 6) is 5.31. The number of sulfonamides is 2. The highest BCUT2D eigenvalue weighted by Gasteiger charge is 2.26. The first-order chi connectivity index (χ1) is 67.6. The van der Waals surface area contributed by atoms with Crippen molar-refractivity contribution in [1.29, 1.82) is 10.8 Å². The maximum atomic E-state index is 13.0. The maximum Gasteiger partial charge on any atom is 0.373 e. The molecule has 786 valence electrons. The summed E-state index contributed by atoms with van der Waals surface area (Å²) in [6.07, 6.45) is 19.0. The van der Waals surface area contributed by atoms with E-state index in [4.69, 9.17) is 86.2 Å². The van der Waals surface area contributed by atoms with Crippen LogP contribution >= 0.6 is 26.6 Å². The Balaban J connectivity index is 0.000000281. The molecule has 0 aliphatic carbocycles. The minimum absolute atomic E-state index is 0. The summed E-state index contributed by atoms with van der Waals surface area (Å²) in [4.78, 5) is 60.5. The van der Waals surface area contributed by atoms with Crippen molar-refractivity contribution in [3.63, 3.8) is 0 Å². The van der Waals surface area contributed by atoms with E-state index in [0.29, 0.717) is 118 Å². The van der Waals surface area contributed by atoms with Gasteiger partial charge in [0, 0.05) is 161 Å². The van der Waals surface area contributed by atoms with Crippen molar-refractivity contribution in [3.8, 4) is 69.0 Å². The van der Waals surface area contributed by atoms with Gasteiger partial charge in [-0.3, -0.25) is 56.8 Å². The van der Waals surface area contributed by atoms with Crippen LogP contribution in [-0.2, 0) is 116 Å². The molecule has 8 aromatic carbocycles. The number of rotatable bonds is 41. The Kier molecular flexibility index (Phi) is 46.4. The predicted octanol–water partition coefficient (Wildman–Crippen LogP) is 14.1. The number of anilines is 4. The highest BCUT2D eigenvalue weighted by molar-refractivity contribution is 9.09. The molecule has 15 rings (SSSR count). The van der Waals surface area contributed by atoms with Crippen LogP contribution in [0.5, 0.6) is 69.0 Å². The van der Waals surface area contributed by atoms with E-state index in [1.807, 2.05) is 24.3 Å². The van der Waals surface area contributed by atoms with Gasteiger partial charge in [0.05, 0.1) is 106 Å². The van der Waals surface area contributed by atoms with E-state index in [-0.39, 0.29) is 103 Å². The first kappa shape index (κ1) is 120. The van der Waals surface area contributed by atoms with Gasteiger partial charge in [0.2, 0.25) is 0 Å². The monoisotopic (exact) mass is 2160 g/mol. The van der Waals surface area contributed by atoms with Crippen molar-refractivity contribution in [2.75, 3.05) is 59.2 Å². The van der Waals surface area contributed by atoms with E-state index in [1.54, 1.807) is 224 Å². The molecule has 43 nitrogen and oxygen atoms in total. The molecule has 2 radical (unpaired) electrons. The minimum Gasteiger partial charge on any atom is -0.556 e. The summed E-state index contributed by atoms with van der Waals surface area (Å²) in [6.45, 7) is 4.82. The molecule has 0 unspecified atom stereocenters. The van der Waals surface area contributed by atoms with Crippen molar-refractivity contribution >= 4 is 157 Å². The lowest BCUT2D eigenvalue weighted by molar-refractivity contribution is 0.306. The van der Waals surface area contributed by atoms with Crippen molar-refractivity contribution in [2.45, 2.75) is 116 Å². The zero-order chi connectivity index (χ0) is 103. The second-order valence-corrected chi connectivity index (χ2v) is 38.6. The summed E-state index contributed by atoms with van der Waals surface area (Å²) in [6, 6.07) is 41.1. The molecule has 0 spiro atoms. The van der Waals surface area contributed by atoms with Crippen LogP contribution < -0.4 is 87.8 Å². The van der Waals surface area contributed by atoms with Gasteiger partial charge in [-0.15, -0.1) is 0 Å². The standard InChI is InChI=1S/C24H28BN6O6S.C23H28N6O5S.C20H24BN4O4.C15H15N3O3.C5H13BBrNO.C4H5ClN2O2S.4CH4/c1-29-14-23(27-16-29)38(33,34)28-19-12-20-21(31(3)24(32)30(20)2)13-22(19)37-18-8-6-7-17(11-18)35-10-5-4-9-25-36-15-26;1-27-14-22(25-15-27)35(31,32)26-18-12-19-20(29(3)23(30)28(19)2)13-21(18)34-17-8-6-7-16(11-17)33-10-5-4-9-24;1-24-17-11-16(23)19(12-18(17)25(2)20(24)26)29-15-7-5-6-14(10-15)27-9-4-3-8-21-28-13-22;1-17-12-7-11(16)14(8-13(12)18(2)15(17)20)21-10-5-3-4-9(19)6-10;1-6(9)8-5-3-2-4-7;1-7-2-4(6-3-7)10(5,8)9;;;;/h6-8,11-16,26,28H,4-5,9-10H2,1-3H3;6-8,11-15,26H,4-5,9-10,24H2,1-3H3;5-7,10-13,22H,3-4,8-9,23H2,1-2H3;3-8,19H,16H2,1-2H3;8-9H,2-5H2,1H3;2-3H,1H3;4*1H4. The Morgan fingerprint density at radius 2 is 0.726 bits per heavy atom. The molecule has 0 saturated heterocycles. The van der Waals surface area contributed by atoms with Crippen LogP contribution in [0.15, 0.2) is 217 Å². The molecular formula is C95H129B3BrClN22O21S3. The topological polar surface area (TPSA) is 549 Å². The second-order valence-electron chi connectivity index (χ2n) is 32.0. The number of ether oxygens (including phenoxy) is 7. The number of nitrogens with zero attached hydrogens (tertiary/aromatic N) is 14. The molecule has 0 bridgehead atoms. The molecule has 0 aliphatic heterocycles. The van der Waals surface area contributed by atoms with Crippen LogP contribution in [-0.4, -0.2) is 174 Å². The number of nitrogens with two attached hydrogens (primary N) is 3. The fourth-order valence-electron chi connectivity index (χ4n) is 13.8. The van der Waals surface area contributed by atoms with E-state index in [2.05, 4.69) is 45.6 Å².